The molecule has 1 rings (SSSR count). The van der Waals surface area contributed by atoms with Crippen LogP contribution in [0.5, 0.6) is 0 Å². The van der Waals surface area contributed by atoms with Crippen LogP contribution in [0.4, 0.5) is 0 Å². The summed E-state index contributed by atoms with van der Waals surface area (Å²) >= 11 is 0. The normalized spacial score (nSPS) is 7.00. The zero-order valence-corrected chi connectivity index (χ0v) is 5.81. The molecule has 0 aliphatic rings. The van der Waals surface area contributed by atoms with Crippen LogP contribution in [0.2, 0.25) is 0 Å². The Balaban J connectivity index is 0.000000292. The molecule has 0 saturated carbocycles. The molecule has 0 atom stereocenters. The number of nitrogens with zero attached hydrogens (tertiary/aromatic N) is 2. The summed E-state index contributed by atoms with van der Waals surface area (Å²) in [7, 11) is -0.750. The number of pyridine rings is 1. The van der Waals surface area contributed by atoms with Gasteiger partial charge in [0.2, 0.25) is 0 Å². The highest BCUT2D eigenvalue weighted by molar-refractivity contribution is 6.13. The second-order valence-electron chi connectivity index (χ2n) is 1.49. The third-order valence-electron chi connectivity index (χ3n) is 0.809. The van der Waals surface area contributed by atoms with Crippen LogP contribution in [-0.4, -0.2) is 22.7 Å². The minimum absolute atomic E-state index is 0.653. The lowest BCUT2D eigenvalue weighted by atomic mass is 10.3. The van der Waals surface area contributed by atoms with E-state index in [0.29, 0.717) is 5.56 Å². The first-order chi connectivity index (χ1) is 5.35. The van der Waals surface area contributed by atoms with Crippen molar-refractivity contribution >= 4 is 7.69 Å². The Kier molecular flexibility index (Phi) is 5.90. The standard InChI is InChI=1S/C6H4N2.BH3O2/c7-5-6-1-3-8-4-2-6;2-1-3/h1-4H;1-3H. The minimum atomic E-state index is -0.750. The van der Waals surface area contributed by atoms with Gasteiger partial charge in [0.1, 0.15) is 0 Å². The molecule has 1 aromatic heterocycles. The van der Waals surface area contributed by atoms with Gasteiger partial charge in [-0.3, -0.25) is 4.98 Å². The van der Waals surface area contributed by atoms with Crippen LogP contribution in [0, 0.1) is 11.3 Å². The van der Waals surface area contributed by atoms with E-state index in [4.69, 9.17) is 15.3 Å². The second-order valence-corrected chi connectivity index (χ2v) is 1.49. The van der Waals surface area contributed by atoms with Crippen LogP contribution in [0.3, 0.4) is 0 Å². The van der Waals surface area contributed by atoms with Gasteiger partial charge in [0.05, 0.1) is 11.6 Å². The van der Waals surface area contributed by atoms with E-state index < -0.39 is 7.69 Å². The molecule has 11 heavy (non-hydrogen) atoms. The van der Waals surface area contributed by atoms with E-state index in [1.807, 2.05) is 6.07 Å². The van der Waals surface area contributed by atoms with Crippen LogP contribution in [0.25, 0.3) is 0 Å². The second kappa shape index (κ2) is 6.74. The van der Waals surface area contributed by atoms with Gasteiger partial charge in [-0.1, -0.05) is 0 Å². The van der Waals surface area contributed by atoms with E-state index in [1.54, 1.807) is 24.5 Å². The zero-order chi connectivity index (χ0) is 8.53. The highest BCUT2D eigenvalue weighted by atomic mass is 16.4. The molecule has 56 valence electrons. The SMILES string of the molecule is N#Cc1ccncc1.OBO. The van der Waals surface area contributed by atoms with Crippen LogP contribution in [0.15, 0.2) is 24.5 Å². The topological polar surface area (TPSA) is 77.1 Å². The highest BCUT2D eigenvalue weighted by Gasteiger charge is 1.80. The molecule has 0 fully saturated rings. The fraction of sp³-hybridized carbons (Fsp3) is 0. The van der Waals surface area contributed by atoms with Crippen molar-refractivity contribution in [3.63, 3.8) is 0 Å². The number of aromatic nitrogens is 1. The number of hydrogen-bond acceptors (Lipinski definition) is 4. The minimum Gasteiger partial charge on any atom is -0.430 e. The maximum Gasteiger partial charge on any atom is 0.432 e. The number of nitriles is 1. The Labute approximate surface area is 65.1 Å². The van der Waals surface area contributed by atoms with Crippen molar-refractivity contribution in [2.24, 2.45) is 0 Å². The van der Waals surface area contributed by atoms with Crippen molar-refractivity contribution in [3.8, 4) is 6.07 Å². The molecule has 0 radical (unpaired) electrons. The van der Waals surface area contributed by atoms with E-state index >= 15 is 0 Å². The summed E-state index contributed by atoms with van der Waals surface area (Å²) < 4.78 is 0. The zero-order valence-electron chi connectivity index (χ0n) is 5.81. The van der Waals surface area contributed by atoms with Crippen LogP contribution >= 0.6 is 0 Å². The van der Waals surface area contributed by atoms with Gasteiger partial charge in [0.15, 0.2) is 0 Å². The molecule has 5 heteroatoms. The Morgan fingerprint density at radius 2 is 1.82 bits per heavy atom. The molecule has 0 amide bonds. The fourth-order valence-electron chi connectivity index (χ4n) is 0.426. The Morgan fingerprint density at radius 3 is 2.09 bits per heavy atom. The molecule has 0 unspecified atom stereocenters. The first-order valence-corrected chi connectivity index (χ1v) is 2.87. The monoisotopic (exact) mass is 150 g/mol. The molecule has 4 nitrogen and oxygen atoms in total. The molecule has 0 aliphatic carbocycles. The lowest BCUT2D eigenvalue weighted by Crippen LogP contribution is -1.75. The highest BCUT2D eigenvalue weighted by Crippen LogP contribution is 1.89. The van der Waals surface area contributed by atoms with E-state index in [1.165, 1.54) is 0 Å². The van der Waals surface area contributed by atoms with Gasteiger partial charge in [0, 0.05) is 12.4 Å². The first-order valence-electron chi connectivity index (χ1n) is 2.87. The number of hydrogen-bond donors (Lipinski definition) is 2. The third kappa shape index (κ3) is 5.09. The third-order valence-corrected chi connectivity index (χ3v) is 0.809. The van der Waals surface area contributed by atoms with Crippen LogP contribution in [0.1, 0.15) is 5.56 Å². The maximum absolute atomic E-state index is 8.26. The van der Waals surface area contributed by atoms with Crippen molar-refractivity contribution in [3.05, 3.63) is 30.1 Å². The predicted octanol–water partition coefficient (Wildman–Crippen LogP) is -0.809. The molecule has 1 aromatic rings. The van der Waals surface area contributed by atoms with Gasteiger partial charge in [-0.15, -0.1) is 0 Å². The van der Waals surface area contributed by atoms with Gasteiger partial charge in [-0.25, -0.2) is 0 Å². The lowest BCUT2D eigenvalue weighted by molar-refractivity contribution is 0.448. The molecule has 0 spiro atoms. The molecule has 1 heterocycles. The predicted molar refractivity (Wildman–Crippen MR) is 40.5 cm³/mol. The molecule has 0 saturated heterocycles. The van der Waals surface area contributed by atoms with Gasteiger partial charge < -0.3 is 10.0 Å². The molecular weight excluding hydrogens is 143 g/mol. The number of rotatable bonds is 0. The van der Waals surface area contributed by atoms with Crippen molar-refractivity contribution in [1.82, 2.24) is 4.98 Å². The summed E-state index contributed by atoms with van der Waals surface area (Å²) in [5, 5.41) is 22.5. The smallest absolute Gasteiger partial charge is 0.430 e. The lowest BCUT2D eigenvalue weighted by Gasteiger charge is -1.79. The van der Waals surface area contributed by atoms with Gasteiger partial charge in [-0.2, -0.15) is 5.26 Å². The average Bonchev–Trinajstić information content (AvgIpc) is 2.08. The fourth-order valence-corrected chi connectivity index (χ4v) is 0.426. The Hall–Kier alpha value is -1.38. The summed E-state index contributed by atoms with van der Waals surface area (Å²) in [5.74, 6) is 0. The average molecular weight is 150 g/mol. The van der Waals surface area contributed by atoms with Crippen molar-refractivity contribution in [2.45, 2.75) is 0 Å². The summed E-state index contributed by atoms with van der Waals surface area (Å²) in [6.45, 7) is 0. The maximum atomic E-state index is 8.26. The first kappa shape index (κ1) is 9.62. The van der Waals surface area contributed by atoms with Gasteiger partial charge >= 0.3 is 7.69 Å². The van der Waals surface area contributed by atoms with Gasteiger partial charge in [-0.05, 0) is 12.1 Å². The molecule has 0 aliphatic heterocycles. The Bertz CT molecular complexity index is 222. The molecular formula is C6H7BN2O2. The van der Waals surface area contributed by atoms with Crippen molar-refractivity contribution in [2.75, 3.05) is 0 Å². The van der Waals surface area contributed by atoms with Crippen LogP contribution in [-0.2, 0) is 0 Å². The summed E-state index contributed by atoms with van der Waals surface area (Å²) in [6.07, 6.45) is 3.19. The molecule has 0 bridgehead atoms. The van der Waals surface area contributed by atoms with Gasteiger partial charge in [0.25, 0.3) is 0 Å². The van der Waals surface area contributed by atoms with Crippen LogP contribution < -0.4 is 0 Å². The Morgan fingerprint density at radius 1 is 1.36 bits per heavy atom. The molecule has 2 N–H and O–H groups in total. The molecule has 0 aromatic carbocycles. The van der Waals surface area contributed by atoms with Crippen molar-refractivity contribution < 1.29 is 10.0 Å². The summed E-state index contributed by atoms with van der Waals surface area (Å²) in [6, 6.07) is 5.32. The quantitative estimate of drug-likeness (QED) is 0.474. The van der Waals surface area contributed by atoms with E-state index in [9.17, 15) is 0 Å². The largest absolute Gasteiger partial charge is 0.432 e. The van der Waals surface area contributed by atoms with E-state index in [0.717, 1.165) is 0 Å². The van der Waals surface area contributed by atoms with E-state index in [2.05, 4.69) is 4.98 Å². The summed E-state index contributed by atoms with van der Waals surface area (Å²) in [5.41, 5.74) is 0.653. The van der Waals surface area contributed by atoms with E-state index in [-0.39, 0.29) is 0 Å². The summed E-state index contributed by atoms with van der Waals surface area (Å²) in [4.78, 5) is 3.74. The van der Waals surface area contributed by atoms with Crippen molar-refractivity contribution in [1.29, 1.82) is 5.26 Å².